The molecule has 2 aliphatic rings. The molecule has 4 heterocycles. The first-order chi connectivity index (χ1) is 22.6. The van der Waals surface area contributed by atoms with Gasteiger partial charge in [-0.3, -0.25) is 9.69 Å². The Morgan fingerprint density at radius 3 is 2.70 bits per heavy atom. The van der Waals surface area contributed by atoms with Crippen molar-refractivity contribution in [2.75, 3.05) is 58.1 Å². The number of nitrogens with zero attached hydrogens (tertiary/aromatic N) is 6. The van der Waals surface area contributed by atoms with Gasteiger partial charge in [-0.25, -0.2) is 13.2 Å². The number of nitrogens with two attached hydrogens (primary N) is 1. The van der Waals surface area contributed by atoms with E-state index in [1.807, 2.05) is 30.0 Å². The number of hydrogen-bond donors (Lipinski definition) is 1. The number of aromatic nitrogens is 2. The highest BCUT2D eigenvalue weighted by Gasteiger charge is 2.40. The first-order valence-electron chi connectivity index (χ1n) is 15.1. The van der Waals surface area contributed by atoms with Crippen LogP contribution >= 0.6 is 11.3 Å². The number of amides is 1. The highest BCUT2D eigenvalue weighted by molar-refractivity contribution is 7.23. The molecular weight excluding hydrogens is 631 g/mol. The molecule has 1 unspecified atom stereocenters. The standard InChI is InChI=1S/C33H34F3N7O3S/c1-5-26(44)43-11-10-24(25(43)16-45-4)42(3)32-21-7-6-20(19-8-9-23(35)30-27(19)22(13-37)31(38)47-30)28(36)29(21)39-33(40-32)46-15-18-12-17(34)14-41(18)2/h5-9,17-18,24-25H,1,10-12,14-16,38H2,2-4H3/t17-,18+,24?,25-/m1/s1. The number of nitriles is 1. The first kappa shape index (κ1) is 32.5. The number of thiophene rings is 1. The number of rotatable bonds is 9. The van der Waals surface area contributed by atoms with Crippen molar-refractivity contribution < 1.29 is 27.4 Å². The lowest BCUT2D eigenvalue weighted by Gasteiger charge is -2.33. The van der Waals surface area contributed by atoms with Gasteiger partial charge in [0.15, 0.2) is 5.82 Å². The number of ether oxygens (including phenoxy) is 2. The Balaban J connectivity index is 1.49. The number of likely N-dealkylation sites (N-methyl/N-ethyl adjacent to an activating group) is 2. The van der Waals surface area contributed by atoms with E-state index in [0.29, 0.717) is 24.2 Å². The van der Waals surface area contributed by atoms with E-state index in [1.54, 1.807) is 24.1 Å². The van der Waals surface area contributed by atoms with Crippen LogP contribution in [0.3, 0.4) is 0 Å². The fourth-order valence-corrected chi connectivity index (χ4v) is 7.73. The minimum absolute atomic E-state index is 0.0583. The van der Waals surface area contributed by atoms with E-state index in [0.717, 1.165) is 11.3 Å². The summed E-state index contributed by atoms with van der Waals surface area (Å²) in [5.41, 5.74) is 6.43. The van der Waals surface area contributed by atoms with Crippen LogP contribution in [0.5, 0.6) is 6.01 Å². The van der Waals surface area contributed by atoms with Crippen LogP contribution in [0.1, 0.15) is 18.4 Å². The lowest BCUT2D eigenvalue weighted by molar-refractivity contribution is -0.127. The van der Waals surface area contributed by atoms with Crippen molar-refractivity contribution in [3.8, 4) is 23.2 Å². The summed E-state index contributed by atoms with van der Waals surface area (Å²) in [4.78, 5) is 27.3. The van der Waals surface area contributed by atoms with Crippen LogP contribution in [0.2, 0.25) is 0 Å². The Morgan fingerprint density at radius 1 is 1.26 bits per heavy atom. The Bertz CT molecular complexity index is 1910. The number of likely N-dealkylation sites (tertiary alicyclic amines) is 2. The Morgan fingerprint density at radius 2 is 2.02 bits per heavy atom. The molecule has 1 amide bonds. The minimum atomic E-state index is -0.980. The maximum absolute atomic E-state index is 16.8. The number of fused-ring (bicyclic) bond motifs is 2. The third-order valence-corrected chi connectivity index (χ3v) is 10.2. The van der Waals surface area contributed by atoms with Crippen LogP contribution in [0, 0.1) is 23.0 Å². The molecule has 14 heteroatoms. The molecule has 2 aromatic heterocycles. The Labute approximate surface area is 273 Å². The van der Waals surface area contributed by atoms with Gasteiger partial charge in [-0.15, -0.1) is 11.3 Å². The molecule has 2 fully saturated rings. The summed E-state index contributed by atoms with van der Waals surface area (Å²) in [5.74, 6) is -1.16. The number of nitrogen functional groups attached to an aromatic ring is 1. The van der Waals surface area contributed by atoms with Gasteiger partial charge in [-0.2, -0.15) is 15.2 Å². The fourth-order valence-electron chi connectivity index (χ4n) is 6.78. The summed E-state index contributed by atoms with van der Waals surface area (Å²) in [6, 6.07) is 6.95. The van der Waals surface area contributed by atoms with Crippen LogP contribution in [0.4, 0.5) is 24.0 Å². The van der Waals surface area contributed by atoms with E-state index in [4.69, 9.17) is 20.2 Å². The number of benzene rings is 2. The van der Waals surface area contributed by atoms with E-state index in [1.165, 1.54) is 18.2 Å². The van der Waals surface area contributed by atoms with Gasteiger partial charge >= 0.3 is 6.01 Å². The lowest BCUT2D eigenvalue weighted by atomic mass is 9.97. The number of halogens is 3. The highest BCUT2D eigenvalue weighted by atomic mass is 32.1. The third kappa shape index (κ3) is 5.72. The molecule has 2 aliphatic heterocycles. The van der Waals surface area contributed by atoms with E-state index >= 15 is 4.39 Å². The molecule has 0 saturated carbocycles. The molecule has 0 radical (unpaired) electrons. The molecular formula is C33H34F3N7O3S. The summed E-state index contributed by atoms with van der Waals surface area (Å²) < 4.78 is 57.3. The summed E-state index contributed by atoms with van der Waals surface area (Å²) in [6.45, 7) is 4.71. The summed E-state index contributed by atoms with van der Waals surface area (Å²) in [7, 11) is 5.17. The molecule has 4 aromatic rings. The lowest BCUT2D eigenvalue weighted by Crippen LogP contribution is -2.48. The Hall–Kier alpha value is -4.45. The average molecular weight is 666 g/mol. The number of anilines is 2. The van der Waals surface area contributed by atoms with Gasteiger partial charge in [0.05, 0.1) is 29.0 Å². The van der Waals surface area contributed by atoms with Crippen molar-refractivity contribution in [3.05, 3.63) is 54.1 Å². The normalized spacial score (nSPS) is 21.4. The van der Waals surface area contributed by atoms with Crippen LogP contribution in [-0.4, -0.2) is 97.5 Å². The van der Waals surface area contributed by atoms with Crippen molar-refractivity contribution in [2.45, 2.75) is 37.1 Å². The second-order valence-corrected chi connectivity index (χ2v) is 12.9. The molecule has 2 saturated heterocycles. The second kappa shape index (κ2) is 13.0. The van der Waals surface area contributed by atoms with Gasteiger partial charge < -0.3 is 25.0 Å². The van der Waals surface area contributed by atoms with E-state index < -0.39 is 17.8 Å². The van der Waals surface area contributed by atoms with Gasteiger partial charge in [-0.05, 0) is 43.7 Å². The van der Waals surface area contributed by atoms with Crippen molar-refractivity contribution in [1.29, 1.82) is 5.26 Å². The zero-order valence-electron chi connectivity index (χ0n) is 26.2. The maximum Gasteiger partial charge on any atom is 0.319 e. The number of carbonyl (C=O) groups excluding carboxylic acids is 1. The smallest absolute Gasteiger partial charge is 0.319 e. The van der Waals surface area contributed by atoms with Crippen LogP contribution in [0.15, 0.2) is 36.9 Å². The highest BCUT2D eigenvalue weighted by Crippen LogP contribution is 2.43. The molecule has 10 nitrogen and oxygen atoms in total. The molecule has 0 bridgehead atoms. The maximum atomic E-state index is 16.8. The van der Waals surface area contributed by atoms with Crippen LogP contribution < -0.4 is 15.4 Å². The van der Waals surface area contributed by atoms with Gasteiger partial charge in [0, 0.05) is 49.6 Å². The summed E-state index contributed by atoms with van der Waals surface area (Å²) in [6.07, 6.45) is 1.16. The predicted molar refractivity (Wildman–Crippen MR) is 175 cm³/mol. The minimum Gasteiger partial charge on any atom is -0.462 e. The molecule has 246 valence electrons. The fraction of sp³-hybridized carbons (Fsp3) is 0.394. The summed E-state index contributed by atoms with van der Waals surface area (Å²) in [5, 5.41) is 10.5. The quantitative estimate of drug-likeness (QED) is 0.249. The number of alkyl halides is 1. The van der Waals surface area contributed by atoms with Gasteiger partial charge in [0.2, 0.25) is 5.91 Å². The van der Waals surface area contributed by atoms with Gasteiger partial charge in [-0.1, -0.05) is 18.7 Å². The van der Waals surface area contributed by atoms with Gasteiger partial charge in [0.1, 0.15) is 41.0 Å². The van der Waals surface area contributed by atoms with Crippen molar-refractivity contribution in [1.82, 2.24) is 19.8 Å². The molecule has 0 aliphatic carbocycles. The monoisotopic (exact) mass is 665 g/mol. The molecule has 4 atom stereocenters. The largest absolute Gasteiger partial charge is 0.462 e. The van der Waals surface area contributed by atoms with Crippen LogP contribution in [0.25, 0.3) is 32.1 Å². The van der Waals surface area contributed by atoms with Crippen LogP contribution in [-0.2, 0) is 9.53 Å². The van der Waals surface area contributed by atoms with Crippen molar-refractivity contribution in [3.63, 3.8) is 0 Å². The third-order valence-electron chi connectivity index (χ3n) is 9.17. The zero-order chi connectivity index (χ0) is 33.6. The second-order valence-electron chi connectivity index (χ2n) is 11.9. The molecule has 2 aromatic carbocycles. The SMILES string of the molecule is C=CC(=O)N1CCC(N(C)c2nc(OC[C@@H]3C[C@@H](F)CN3C)nc3c(F)c(-c4ccc(F)c5sc(N)c(C#N)c45)ccc23)[C@H]1COC. The molecule has 0 spiro atoms. The topological polar surface area (TPSA) is 121 Å². The average Bonchev–Trinajstić information content (AvgIpc) is 3.73. The van der Waals surface area contributed by atoms with Gasteiger partial charge in [0.25, 0.3) is 0 Å². The number of methoxy groups -OCH3 is 1. The number of hydrogen-bond acceptors (Lipinski definition) is 10. The number of carbonyl (C=O) groups is 1. The van der Waals surface area contributed by atoms with Crippen molar-refractivity contribution in [2.24, 2.45) is 0 Å². The Kier molecular flexibility index (Phi) is 8.97. The van der Waals surface area contributed by atoms with E-state index in [2.05, 4.69) is 11.6 Å². The molecule has 6 rings (SSSR count). The zero-order valence-corrected chi connectivity index (χ0v) is 27.0. The summed E-state index contributed by atoms with van der Waals surface area (Å²) >= 11 is 0.928. The van der Waals surface area contributed by atoms with Crippen molar-refractivity contribution >= 4 is 49.1 Å². The molecule has 47 heavy (non-hydrogen) atoms. The van der Waals surface area contributed by atoms with E-state index in [9.17, 15) is 18.8 Å². The predicted octanol–water partition coefficient (Wildman–Crippen LogP) is 4.90. The van der Waals surface area contributed by atoms with E-state index in [-0.39, 0.29) is 93.5 Å². The molecule has 2 N–H and O–H groups in total. The first-order valence-corrected chi connectivity index (χ1v) is 15.9.